The van der Waals surface area contributed by atoms with Gasteiger partial charge in [0.1, 0.15) is 6.29 Å². The topological polar surface area (TPSA) is 49.4 Å². The second-order valence-corrected chi connectivity index (χ2v) is 3.18. The summed E-state index contributed by atoms with van der Waals surface area (Å²) in [6.45, 7) is 8.18. The van der Waals surface area contributed by atoms with Crippen LogP contribution in [0.2, 0.25) is 0 Å². The predicted octanol–water partition coefficient (Wildman–Crippen LogP) is 1.45. The lowest BCUT2D eigenvalue weighted by atomic mass is 10.1. The van der Waals surface area contributed by atoms with Crippen molar-refractivity contribution >= 4 is 12.2 Å². The zero-order valence-electron chi connectivity index (χ0n) is 11.1. The van der Waals surface area contributed by atoms with E-state index >= 15 is 0 Å². The maximum Gasteiger partial charge on any atom is 0.222 e. The van der Waals surface area contributed by atoms with Gasteiger partial charge in [0.2, 0.25) is 5.91 Å². The molecule has 0 bridgehead atoms. The number of amides is 1. The van der Waals surface area contributed by atoms with E-state index in [0.717, 1.165) is 38.8 Å². The van der Waals surface area contributed by atoms with Crippen molar-refractivity contribution in [2.24, 2.45) is 0 Å². The smallest absolute Gasteiger partial charge is 0.222 e. The Hall–Kier alpha value is -0.900. The average molecular weight is 230 g/mol. The van der Waals surface area contributed by atoms with Gasteiger partial charge in [0.25, 0.3) is 0 Å². The van der Waals surface area contributed by atoms with E-state index in [1.54, 1.807) is 0 Å². The molecule has 0 saturated carbocycles. The van der Waals surface area contributed by atoms with Crippen LogP contribution in [0.4, 0.5) is 0 Å². The van der Waals surface area contributed by atoms with Gasteiger partial charge in [-0.15, -0.1) is 0 Å². The summed E-state index contributed by atoms with van der Waals surface area (Å²) < 4.78 is 0. The van der Waals surface area contributed by atoms with Gasteiger partial charge in [-0.3, -0.25) is 4.79 Å². The van der Waals surface area contributed by atoms with Crippen LogP contribution in [-0.4, -0.2) is 43.8 Å². The molecule has 0 aromatic carbocycles. The highest BCUT2D eigenvalue weighted by molar-refractivity contribution is 5.76. The fourth-order valence-corrected chi connectivity index (χ4v) is 1.34. The van der Waals surface area contributed by atoms with Crippen LogP contribution in [0.1, 0.15) is 40.0 Å². The highest BCUT2D eigenvalue weighted by Gasteiger charge is 2.16. The summed E-state index contributed by atoms with van der Waals surface area (Å²) in [4.78, 5) is 21.9. The lowest BCUT2D eigenvalue weighted by Crippen LogP contribution is -2.39. The number of carbonyl (C=O) groups is 2. The zero-order valence-corrected chi connectivity index (χ0v) is 11.1. The molecule has 16 heavy (non-hydrogen) atoms. The van der Waals surface area contributed by atoms with Crippen molar-refractivity contribution in [1.29, 1.82) is 0 Å². The zero-order chi connectivity index (χ0) is 12.8. The van der Waals surface area contributed by atoms with E-state index < -0.39 is 0 Å². The maximum atomic E-state index is 11.2. The highest BCUT2D eigenvalue weighted by atomic mass is 16.2. The molecule has 1 aliphatic heterocycles. The summed E-state index contributed by atoms with van der Waals surface area (Å²) in [5.74, 6) is 0.325. The number of rotatable bonds is 3. The average Bonchev–Trinajstić information content (AvgIpc) is 2.32. The molecule has 1 heterocycles. The van der Waals surface area contributed by atoms with Crippen molar-refractivity contribution < 1.29 is 9.59 Å². The second-order valence-electron chi connectivity index (χ2n) is 3.18. The summed E-state index contributed by atoms with van der Waals surface area (Å²) in [5, 5.41) is 3.04. The van der Waals surface area contributed by atoms with Gasteiger partial charge in [0.05, 0.1) is 0 Å². The summed E-state index contributed by atoms with van der Waals surface area (Å²) in [6.07, 6.45) is 3.76. The van der Waals surface area contributed by atoms with Gasteiger partial charge in [-0.05, 0) is 26.8 Å². The van der Waals surface area contributed by atoms with Crippen molar-refractivity contribution in [1.82, 2.24) is 10.2 Å². The summed E-state index contributed by atoms with van der Waals surface area (Å²) in [5.41, 5.74) is 0. The summed E-state index contributed by atoms with van der Waals surface area (Å²) >= 11 is 0. The third-order valence-corrected chi connectivity index (χ3v) is 2.05. The number of likely N-dealkylation sites (N-methyl/N-ethyl adjacent to an activating group) is 1. The van der Waals surface area contributed by atoms with Gasteiger partial charge in [-0.2, -0.15) is 0 Å². The minimum Gasteiger partial charge on any atom is -0.341 e. The minimum absolute atomic E-state index is 0.325. The molecule has 0 atom stereocenters. The van der Waals surface area contributed by atoms with Crippen LogP contribution in [-0.2, 0) is 9.59 Å². The maximum absolute atomic E-state index is 11.2. The minimum atomic E-state index is 0.325. The van der Waals surface area contributed by atoms with Gasteiger partial charge in [-0.1, -0.05) is 13.8 Å². The molecule has 1 saturated heterocycles. The number of hydrogen-bond donors (Lipinski definition) is 1. The molecular weight excluding hydrogens is 204 g/mol. The first kappa shape index (κ1) is 17.5. The van der Waals surface area contributed by atoms with Gasteiger partial charge in [-0.25, -0.2) is 0 Å². The number of carbonyl (C=O) groups excluding carboxylic acids is 2. The van der Waals surface area contributed by atoms with Gasteiger partial charge < -0.3 is 15.0 Å². The number of likely N-dealkylation sites (tertiary alicyclic amines) is 1. The lowest BCUT2D eigenvalue weighted by Gasteiger charge is -2.26. The molecule has 1 amide bonds. The van der Waals surface area contributed by atoms with E-state index in [-0.39, 0.29) is 0 Å². The fraction of sp³-hybridized carbons (Fsp3) is 0.833. The van der Waals surface area contributed by atoms with Crippen molar-refractivity contribution in [3.05, 3.63) is 0 Å². The number of nitrogens with one attached hydrogen (secondary N) is 1. The number of aldehydes is 1. The van der Waals surface area contributed by atoms with Crippen LogP contribution in [0, 0.1) is 0 Å². The standard InChI is InChI=1S/C8H16N2O.C2H4O.C2H6/c1-9-5-7-10-6-3-2-4-8(10)11;1-2-3;1-2/h9H,2-7H2,1H3;2H,1H3;1-2H3. The number of nitrogens with zero attached hydrogens (tertiary/aromatic N) is 1. The summed E-state index contributed by atoms with van der Waals surface area (Å²) in [7, 11) is 1.91. The van der Waals surface area contributed by atoms with E-state index in [9.17, 15) is 4.79 Å². The van der Waals surface area contributed by atoms with Crippen LogP contribution < -0.4 is 5.32 Å². The molecule has 4 nitrogen and oxygen atoms in total. The third kappa shape index (κ3) is 9.65. The highest BCUT2D eigenvalue weighted by Crippen LogP contribution is 2.08. The molecule has 1 N–H and O–H groups in total. The molecule has 0 aliphatic carbocycles. The normalized spacial score (nSPS) is 14.2. The van der Waals surface area contributed by atoms with Crippen molar-refractivity contribution in [3.8, 4) is 0 Å². The number of piperidine rings is 1. The Morgan fingerprint density at radius 3 is 2.38 bits per heavy atom. The van der Waals surface area contributed by atoms with Crippen molar-refractivity contribution in [3.63, 3.8) is 0 Å². The molecule has 0 unspecified atom stereocenters. The monoisotopic (exact) mass is 230 g/mol. The first-order valence-electron chi connectivity index (χ1n) is 6.08. The molecule has 4 heteroatoms. The molecule has 1 fully saturated rings. The van der Waals surface area contributed by atoms with Gasteiger partial charge in [0.15, 0.2) is 0 Å². The van der Waals surface area contributed by atoms with Crippen LogP contribution >= 0.6 is 0 Å². The predicted molar refractivity (Wildman–Crippen MR) is 67.4 cm³/mol. The Kier molecular flexibility index (Phi) is 15.4. The molecule has 1 rings (SSSR count). The van der Waals surface area contributed by atoms with Crippen molar-refractivity contribution in [2.75, 3.05) is 26.7 Å². The van der Waals surface area contributed by atoms with Crippen LogP contribution in [0.15, 0.2) is 0 Å². The van der Waals surface area contributed by atoms with Crippen molar-refractivity contribution in [2.45, 2.75) is 40.0 Å². The van der Waals surface area contributed by atoms with E-state index in [1.807, 2.05) is 25.8 Å². The van der Waals surface area contributed by atoms with Crippen LogP contribution in [0.25, 0.3) is 0 Å². The van der Waals surface area contributed by atoms with E-state index in [0.29, 0.717) is 5.91 Å². The molecule has 0 spiro atoms. The lowest BCUT2D eigenvalue weighted by molar-refractivity contribution is -0.133. The molecular formula is C12H26N2O2. The Balaban J connectivity index is 0. The Bertz CT molecular complexity index is 172. The Morgan fingerprint density at radius 1 is 1.38 bits per heavy atom. The van der Waals surface area contributed by atoms with E-state index in [4.69, 9.17) is 4.79 Å². The van der Waals surface area contributed by atoms with Gasteiger partial charge >= 0.3 is 0 Å². The van der Waals surface area contributed by atoms with Crippen LogP contribution in [0.5, 0.6) is 0 Å². The molecule has 1 aliphatic rings. The largest absolute Gasteiger partial charge is 0.341 e. The van der Waals surface area contributed by atoms with Crippen LogP contribution in [0.3, 0.4) is 0 Å². The molecule has 0 radical (unpaired) electrons. The first-order valence-corrected chi connectivity index (χ1v) is 6.08. The molecule has 0 aromatic rings. The second kappa shape index (κ2) is 14.1. The Morgan fingerprint density at radius 2 is 1.94 bits per heavy atom. The van der Waals surface area contributed by atoms with E-state index in [1.165, 1.54) is 13.3 Å². The first-order chi connectivity index (χ1) is 7.76. The van der Waals surface area contributed by atoms with Gasteiger partial charge in [0, 0.05) is 26.1 Å². The fourth-order valence-electron chi connectivity index (χ4n) is 1.34. The summed E-state index contributed by atoms with van der Waals surface area (Å²) in [6, 6.07) is 0. The SMILES string of the molecule is CC.CC=O.CNCCN1CCCCC1=O. The number of hydrogen-bond acceptors (Lipinski definition) is 3. The molecule has 96 valence electrons. The van der Waals surface area contributed by atoms with E-state index in [2.05, 4.69) is 5.32 Å². The Labute approximate surface area is 99.4 Å². The molecule has 0 aromatic heterocycles. The quantitative estimate of drug-likeness (QED) is 0.747. The third-order valence-electron chi connectivity index (χ3n) is 2.05.